The molecule has 2 fully saturated rings. The summed E-state index contributed by atoms with van der Waals surface area (Å²) < 4.78 is 41.9. The highest BCUT2D eigenvalue weighted by Crippen LogP contribution is 2.35. The molecule has 2 saturated heterocycles. The Balaban J connectivity index is 1.34. The number of carboxylic acid groups (broad SMARTS) is 1. The second kappa shape index (κ2) is 9.97. The Bertz CT molecular complexity index is 1510. The first-order chi connectivity index (χ1) is 18.0. The standard InChI is InChI=1S/C24H19ClF3N5O4S/c25-15-3-2-13(16(7-15)24(26,27)28)9-33-18-4-1-12(5-14(18)8-29-33)6-20-21(35)31-22(38-20)30-17-10-32(23(36)37)11-19(17)34/h1-8,17,19,34H,9-11H2,(H,36,37)(H,30,31,35). The van der Waals surface area contributed by atoms with Crippen LogP contribution in [0.2, 0.25) is 5.02 Å². The van der Waals surface area contributed by atoms with Crippen molar-refractivity contribution in [1.82, 2.24) is 20.0 Å². The van der Waals surface area contributed by atoms with Crippen molar-refractivity contribution in [1.29, 1.82) is 0 Å². The number of rotatable bonds is 4. The van der Waals surface area contributed by atoms with Crippen molar-refractivity contribution in [3.8, 4) is 0 Å². The third-order valence-corrected chi connectivity index (χ3v) is 7.28. The fourth-order valence-electron chi connectivity index (χ4n) is 4.28. The first kappa shape index (κ1) is 26.1. The molecule has 198 valence electrons. The number of β-amino-alcohol motifs (C(OH)–C–C–N with tert-alkyl or cyclic N) is 1. The molecule has 0 spiro atoms. The number of alkyl halides is 3. The van der Waals surface area contributed by atoms with Gasteiger partial charge in [0, 0.05) is 17.0 Å². The molecule has 2 unspecified atom stereocenters. The maximum Gasteiger partial charge on any atom is 0.416 e. The van der Waals surface area contributed by atoms with Crippen LogP contribution < -0.4 is 5.32 Å². The van der Waals surface area contributed by atoms with E-state index in [0.717, 1.165) is 22.7 Å². The SMILES string of the molecule is O=C1NC(=NC2CN(C(=O)O)CC2O)SC1=Cc1ccc2c(cnn2Cc2ccc(Cl)cc2C(F)(F)F)c1. The zero-order valence-corrected chi connectivity index (χ0v) is 20.9. The van der Waals surface area contributed by atoms with Crippen molar-refractivity contribution in [2.75, 3.05) is 13.1 Å². The lowest BCUT2D eigenvalue weighted by atomic mass is 10.1. The number of fused-ring (bicyclic) bond motifs is 1. The van der Waals surface area contributed by atoms with E-state index in [2.05, 4.69) is 15.4 Å². The van der Waals surface area contributed by atoms with Crippen molar-refractivity contribution < 1.29 is 33.0 Å². The van der Waals surface area contributed by atoms with Gasteiger partial charge in [0.25, 0.3) is 5.91 Å². The highest BCUT2D eigenvalue weighted by molar-refractivity contribution is 8.18. The number of nitrogens with zero attached hydrogens (tertiary/aromatic N) is 4. The predicted octanol–water partition coefficient (Wildman–Crippen LogP) is 4.04. The molecular weight excluding hydrogens is 547 g/mol. The minimum absolute atomic E-state index is 0.00671. The molecule has 0 saturated carbocycles. The number of nitrogens with one attached hydrogen (secondary N) is 1. The Labute approximate surface area is 222 Å². The maximum atomic E-state index is 13.5. The van der Waals surface area contributed by atoms with Gasteiger partial charge in [0.05, 0.1) is 47.4 Å². The summed E-state index contributed by atoms with van der Waals surface area (Å²) in [7, 11) is 0. The third-order valence-electron chi connectivity index (χ3n) is 6.12. The summed E-state index contributed by atoms with van der Waals surface area (Å²) >= 11 is 6.84. The van der Waals surface area contributed by atoms with Gasteiger partial charge in [-0.15, -0.1) is 0 Å². The number of halogens is 4. The van der Waals surface area contributed by atoms with Gasteiger partial charge in [-0.1, -0.05) is 23.7 Å². The summed E-state index contributed by atoms with van der Waals surface area (Å²) in [6.45, 7) is -0.141. The van der Waals surface area contributed by atoms with E-state index in [-0.39, 0.29) is 35.4 Å². The molecule has 1 aromatic heterocycles. The normalized spacial score (nSPS) is 22.1. The molecule has 0 bridgehead atoms. The van der Waals surface area contributed by atoms with Gasteiger partial charge in [0.15, 0.2) is 5.17 Å². The molecule has 2 aliphatic rings. The number of likely N-dealkylation sites (tertiary alicyclic amines) is 1. The topological polar surface area (TPSA) is 120 Å². The third kappa shape index (κ3) is 5.35. The number of aliphatic hydroxyl groups excluding tert-OH is 1. The molecule has 2 atom stereocenters. The summed E-state index contributed by atoms with van der Waals surface area (Å²) in [4.78, 5) is 29.3. The Hall–Kier alpha value is -3.55. The summed E-state index contributed by atoms with van der Waals surface area (Å²) in [5, 5.41) is 26.9. The first-order valence-corrected chi connectivity index (χ1v) is 12.4. The number of carbonyl (C=O) groups excluding carboxylic acids is 1. The van der Waals surface area contributed by atoms with Crippen LogP contribution in [0.15, 0.2) is 52.5 Å². The van der Waals surface area contributed by atoms with Crippen molar-refractivity contribution in [3.63, 3.8) is 0 Å². The van der Waals surface area contributed by atoms with Gasteiger partial charge in [-0.25, -0.2) is 4.79 Å². The lowest BCUT2D eigenvalue weighted by molar-refractivity contribution is -0.138. The zero-order chi connectivity index (χ0) is 27.2. The van der Waals surface area contributed by atoms with Gasteiger partial charge in [-0.05, 0) is 53.2 Å². The zero-order valence-electron chi connectivity index (χ0n) is 19.3. The highest BCUT2D eigenvalue weighted by Gasteiger charge is 2.36. The van der Waals surface area contributed by atoms with Crippen molar-refractivity contribution in [2.24, 2.45) is 4.99 Å². The fourth-order valence-corrected chi connectivity index (χ4v) is 5.33. The van der Waals surface area contributed by atoms with Gasteiger partial charge < -0.3 is 20.4 Å². The van der Waals surface area contributed by atoms with Crippen LogP contribution in [0.25, 0.3) is 17.0 Å². The number of amides is 2. The summed E-state index contributed by atoms with van der Waals surface area (Å²) in [6.07, 6.45) is -3.51. The number of benzene rings is 2. The van der Waals surface area contributed by atoms with Gasteiger partial charge in [0.1, 0.15) is 0 Å². The number of carbonyl (C=O) groups is 2. The smallest absolute Gasteiger partial charge is 0.416 e. The maximum absolute atomic E-state index is 13.5. The quantitative estimate of drug-likeness (QED) is 0.411. The summed E-state index contributed by atoms with van der Waals surface area (Å²) in [5.41, 5.74) is 0.482. The van der Waals surface area contributed by atoms with Crippen LogP contribution in [0.5, 0.6) is 0 Å². The van der Waals surface area contributed by atoms with Crippen LogP contribution in [0.1, 0.15) is 16.7 Å². The number of aromatic nitrogens is 2. The molecule has 3 N–H and O–H groups in total. The largest absolute Gasteiger partial charge is 0.465 e. The first-order valence-electron chi connectivity index (χ1n) is 11.2. The molecule has 14 heteroatoms. The van der Waals surface area contributed by atoms with E-state index < -0.39 is 35.9 Å². The number of aliphatic imine (C=N–C) groups is 1. The van der Waals surface area contributed by atoms with E-state index in [1.165, 1.54) is 23.0 Å². The van der Waals surface area contributed by atoms with Gasteiger partial charge in [-0.3, -0.25) is 14.5 Å². The molecular formula is C24H19ClF3N5O4S. The van der Waals surface area contributed by atoms with E-state index in [4.69, 9.17) is 16.7 Å². The second-order valence-corrected chi connectivity index (χ2v) is 10.2. The van der Waals surface area contributed by atoms with E-state index >= 15 is 0 Å². The number of hydrogen-bond acceptors (Lipinski definition) is 6. The van der Waals surface area contributed by atoms with E-state index in [9.17, 15) is 27.9 Å². The molecule has 38 heavy (non-hydrogen) atoms. The van der Waals surface area contributed by atoms with Crippen molar-refractivity contribution in [2.45, 2.75) is 24.9 Å². The molecule has 2 aromatic carbocycles. The predicted molar refractivity (Wildman–Crippen MR) is 136 cm³/mol. The molecule has 2 amide bonds. The lowest BCUT2D eigenvalue weighted by Gasteiger charge is -2.14. The van der Waals surface area contributed by atoms with Gasteiger partial charge >= 0.3 is 12.3 Å². The average Bonchev–Trinajstić information content (AvgIpc) is 3.52. The van der Waals surface area contributed by atoms with Crippen LogP contribution in [-0.4, -0.2) is 67.3 Å². The summed E-state index contributed by atoms with van der Waals surface area (Å²) in [6, 6.07) is 8.12. The van der Waals surface area contributed by atoms with Gasteiger partial charge in [-0.2, -0.15) is 18.3 Å². The van der Waals surface area contributed by atoms with Crippen LogP contribution in [-0.2, 0) is 17.5 Å². The fraction of sp³-hybridized carbons (Fsp3) is 0.250. The number of thioether (sulfide) groups is 1. The Morgan fingerprint density at radius 2 is 2.05 bits per heavy atom. The highest BCUT2D eigenvalue weighted by atomic mass is 35.5. The van der Waals surface area contributed by atoms with E-state index in [1.807, 2.05) is 0 Å². The van der Waals surface area contributed by atoms with Crippen LogP contribution in [0, 0.1) is 0 Å². The Morgan fingerprint density at radius 1 is 1.26 bits per heavy atom. The van der Waals surface area contributed by atoms with Crippen molar-refractivity contribution >= 4 is 57.5 Å². The monoisotopic (exact) mass is 565 g/mol. The molecule has 0 aliphatic carbocycles. The molecule has 5 rings (SSSR count). The Kier molecular flexibility index (Phi) is 6.84. The molecule has 3 aromatic rings. The molecule has 2 aliphatic heterocycles. The van der Waals surface area contributed by atoms with Gasteiger partial charge in [0.2, 0.25) is 0 Å². The van der Waals surface area contributed by atoms with Crippen molar-refractivity contribution in [3.05, 3.63) is 69.2 Å². The number of hydrogen-bond donors (Lipinski definition) is 3. The molecule has 9 nitrogen and oxygen atoms in total. The number of aliphatic hydroxyl groups is 1. The van der Waals surface area contributed by atoms with Crippen LogP contribution in [0.4, 0.5) is 18.0 Å². The minimum atomic E-state index is -4.56. The molecule has 0 radical (unpaired) electrons. The molecule has 3 heterocycles. The Morgan fingerprint density at radius 3 is 2.76 bits per heavy atom. The second-order valence-electron chi connectivity index (χ2n) is 8.74. The average molecular weight is 566 g/mol. The summed E-state index contributed by atoms with van der Waals surface area (Å²) in [5.74, 6) is -0.394. The lowest BCUT2D eigenvalue weighted by Crippen LogP contribution is -2.28. The van der Waals surface area contributed by atoms with Crippen LogP contribution in [0.3, 0.4) is 0 Å². The van der Waals surface area contributed by atoms with E-state index in [1.54, 1.807) is 24.3 Å². The number of amidine groups is 1. The minimum Gasteiger partial charge on any atom is -0.465 e. The van der Waals surface area contributed by atoms with E-state index in [0.29, 0.717) is 21.4 Å². The van der Waals surface area contributed by atoms with Crippen LogP contribution >= 0.6 is 23.4 Å².